The Balaban J connectivity index is 1.75. The lowest BCUT2D eigenvalue weighted by Crippen LogP contribution is -2.29. The summed E-state index contributed by atoms with van der Waals surface area (Å²) >= 11 is 0. The molecule has 8 nitrogen and oxygen atoms in total. The van der Waals surface area contributed by atoms with Crippen molar-refractivity contribution in [2.75, 3.05) is 32.6 Å². The lowest BCUT2D eigenvalue weighted by molar-refractivity contribution is 0.0744. The van der Waals surface area contributed by atoms with Crippen LogP contribution in [0, 0.1) is 11.3 Å². The number of fused-ring (bicyclic) bond motifs is 1. The van der Waals surface area contributed by atoms with Crippen LogP contribution in [0.4, 0.5) is 10.5 Å². The van der Waals surface area contributed by atoms with Crippen LogP contribution < -0.4 is 5.32 Å². The average Bonchev–Trinajstić information content (AvgIpc) is 3.14. The number of likely N-dealkylation sites (N-methyl/N-ethyl adjacent to an activating group) is 1. The predicted molar refractivity (Wildman–Crippen MR) is 139 cm³/mol. The first kappa shape index (κ1) is 25.3. The van der Waals surface area contributed by atoms with Gasteiger partial charge in [-0.05, 0) is 62.9 Å². The second kappa shape index (κ2) is 10.8. The van der Waals surface area contributed by atoms with E-state index in [4.69, 9.17) is 9.47 Å². The summed E-state index contributed by atoms with van der Waals surface area (Å²) in [5, 5.41) is 13.7. The van der Waals surface area contributed by atoms with Crippen LogP contribution in [-0.4, -0.2) is 54.9 Å². The fourth-order valence-corrected chi connectivity index (χ4v) is 4.49. The minimum Gasteiger partial charge on any atom is -0.447 e. The third-order valence-electron chi connectivity index (χ3n) is 6.53. The molecule has 0 unspecified atom stereocenters. The van der Waals surface area contributed by atoms with E-state index in [-0.39, 0.29) is 18.1 Å². The predicted octanol–water partition coefficient (Wildman–Crippen LogP) is 5.58. The highest BCUT2D eigenvalue weighted by atomic mass is 16.6. The quantitative estimate of drug-likeness (QED) is 0.446. The lowest BCUT2D eigenvalue weighted by Gasteiger charge is -2.30. The smallest absolute Gasteiger partial charge is 0.411 e. The summed E-state index contributed by atoms with van der Waals surface area (Å²) in [6.45, 7) is 4.55. The molecule has 2 amide bonds. The summed E-state index contributed by atoms with van der Waals surface area (Å²) in [5.74, 6) is -0.0842. The number of ether oxygens (including phenoxy) is 2. The summed E-state index contributed by atoms with van der Waals surface area (Å²) in [7, 11) is 3.37. The van der Waals surface area contributed by atoms with Crippen LogP contribution in [0.3, 0.4) is 0 Å². The molecule has 36 heavy (non-hydrogen) atoms. The molecule has 0 radical (unpaired) electrons. The second-order valence-electron chi connectivity index (χ2n) is 9.40. The topological polar surface area (TPSA) is 96.6 Å². The summed E-state index contributed by atoms with van der Waals surface area (Å²) < 4.78 is 12.5. The van der Waals surface area contributed by atoms with E-state index in [1.54, 1.807) is 51.1 Å². The maximum atomic E-state index is 13.0. The highest BCUT2D eigenvalue weighted by Gasteiger charge is 2.28. The van der Waals surface area contributed by atoms with Gasteiger partial charge >= 0.3 is 6.09 Å². The molecule has 1 aromatic heterocycles. The Morgan fingerprint density at radius 2 is 1.92 bits per heavy atom. The van der Waals surface area contributed by atoms with Crippen LogP contribution in [-0.2, 0) is 9.47 Å². The number of hydrogen-bond acceptors (Lipinski definition) is 5. The van der Waals surface area contributed by atoms with E-state index in [0.29, 0.717) is 30.0 Å². The lowest BCUT2D eigenvalue weighted by atomic mass is 9.92. The van der Waals surface area contributed by atoms with Crippen molar-refractivity contribution in [2.45, 2.75) is 45.3 Å². The van der Waals surface area contributed by atoms with Crippen molar-refractivity contribution in [3.63, 3.8) is 0 Å². The van der Waals surface area contributed by atoms with Gasteiger partial charge in [-0.1, -0.05) is 18.2 Å². The number of carbonyl (C=O) groups is 2. The average molecular weight is 489 g/mol. The zero-order valence-electron chi connectivity index (χ0n) is 21.2. The van der Waals surface area contributed by atoms with Crippen LogP contribution in [0.2, 0.25) is 0 Å². The first-order valence-electron chi connectivity index (χ1n) is 12.2. The Labute approximate surface area is 211 Å². The molecule has 1 aliphatic carbocycles. The van der Waals surface area contributed by atoms with Crippen molar-refractivity contribution in [1.29, 1.82) is 5.26 Å². The number of hydrogen-bond donors (Lipinski definition) is 1. The molecular weight excluding hydrogens is 456 g/mol. The van der Waals surface area contributed by atoms with Crippen molar-refractivity contribution < 1.29 is 19.1 Å². The van der Waals surface area contributed by atoms with Gasteiger partial charge in [-0.3, -0.25) is 10.1 Å². The van der Waals surface area contributed by atoms with Crippen LogP contribution in [0.5, 0.6) is 0 Å². The minimum absolute atomic E-state index is 0.0842. The molecule has 0 atom stereocenters. The standard InChI is InChI=1S/C28H32N4O4/c1-18(2)36-28(34)30-21-11-8-19(9-12-21)26-24(17-29)23-13-10-20(27(33)31(3)14-15-35-4)16-25(23)32(26)22-6-5-7-22/h8-13,16,18,22H,5-7,14-15H2,1-4H3,(H,30,34). The van der Waals surface area contributed by atoms with Gasteiger partial charge in [-0.15, -0.1) is 0 Å². The van der Waals surface area contributed by atoms with Crippen LogP contribution in [0.15, 0.2) is 42.5 Å². The van der Waals surface area contributed by atoms with Gasteiger partial charge in [0.05, 0.1) is 29.5 Å². The zero-order chi connectivity index (χ0) is 25.8. The number of rotatable bonds is 8. The Bertz CT molecular complexity index is 1300. The highest BCUT2D eigenvalue weighted by molar-refractivity contribution is 6.01. The van der Waals surface area contributed by atoms with Gasteiger partial charge < -0.3 is 18.9 Å². The fraction of sp³-hybridized carbons (Fsp3) is 0.393. The molecular formula is C28H32N4O4. The summed E-state index contributed by atoms with van der Waals surface area (Å²) in [4.78, 5) is 26.6. The number of aromatic nitrogens is 1. The summed E-state index contributed by atoms with van der Waals surface area (Å²) in [5.41, 5.74) is 4.39. The van der Waals surface area contributed by atoms with Crippen molar-refractivity contribution in [3.05, 3.63) is 53.6 Å². The first-order chi connectivity index (χ1) is 17.3. The normalized spacial score (nSPS) is 13.3. The summed E-state index contributed by atoms with van der Waals surface area (Å²) in [6.07, 6.45) is 2.46. The van der Waals surface area contributed by atoms with E-state index in [1.807, 2.05) is 24.3 Å². The number of nitrogens with one attached hydrogen (secondary N) is 1. The molecule has 3 aromatic rings. The van der Waals surface area contributed by atoms with Gasteiger partial charge in [0.25, 0.3) is 5.91 Å². The van der Waals surface area contributed by atoms with E-state index in [9.17, 15) is 14.9 Å². The Morgan fingerprint density at radius 3 is 2.50 bits per heavy atom. The number of nitrogens with zero attached hydrogens (tertiary/aromatic N) is 3. The van der Waals surface area contributed by atoms with Crippen LogP contribution >= 0.6 is 0 Å². The van der Waals surface area contributed by atoms with Crippen molar-refractivity contribution in [3.8, 4) is 17.3 Å². The van der Waals surface area contributed by atoms with E-state index in [0.717, 1.165) is 41.4 Å². The fourth-order valence-electron chi connectivity index (χ4n) is 4.49. The van der Waals surface area contributed by atoms with Gasteiger partial charge in [0.1, 0.15) is 6.07 Å². The van der Waals surface area contributed by atoms with Gasteiger partial charge in [0, 0.05) is 43.4 Å². The SMILES string of the molecule is COCCN(C)C(=O)c1ccc2c(C#N)c(-c3ccc(NC(=O)OC(C)C)cc3)n(C3CCC3)c2c1. The molecule has 0 aliphatic heterocycles. The van der Waals surface area contributed by atoms with E-state index >= 15 is 0 Å². The molecule has 1 N–H and O–H groups in total. The third-order valence-corrected chi connectivity index (χ3v) is 6.53. The zero-order valence-corrected chi connectivity index (χ0v) is 21.2. The molecule has 188 valence electrons. The molecule has 8 heteroatoms. The highest BCUT2D eigenvalue weighted by Crippen LogP contribution is 2.43. The molecule has 0 saturated heterocycles. The number of methoxy groups -OCH3 is 1. The van der Waals surface area contributed by atoms with Gasteiger partial charge in [0.2, 0.25) is 0 Å². The first-order valence-corrected chi connectivity index (χ1v) is 12.2. The second-order valence-corrected chi connectivity index (χ2v) is 9.40. The maximum Gasteiger partial charge on any atom is 0.411 e. The Hall–Kier alpha value is -3.83. The minimum atomic E-state index is -0.508. The van der Waals surface area contributed by atoms with E-state index in [1.165, 1.54) is 0 Å². The molecule has 2 aromatic carbocycles. The number of nitriles is 1. The van der Waals surface area contributed by atoms with Crippen molar-refractivity contribution >= 4 is 28.6 Å². The largest absolute Gasteiger partial charge is 0.447 e. The number of carbonyl (C=O) groups excluding carboxylic acids is 2. The van der Waals surface area contributed by atoms with Gasteiger partial charge in [-0.25, -0.2) is 4.79 Å². The van der Waals surface area contributed by atoms with Crippen molar-refractivity contribution in [2.24, 2.45) is 0 Å². The third kappa shape index (κ3) is 5.07. The molecule has 0 spiro atoms. The summed E-state index contributed by atoms with van der Waals surface area (Å²) in [6, 6.07) is 15.7. The Morgan fingerprint density at radius 1 is 1.19 bits per heavy atom. The molecule has 1 saturated carbocycles. The molecule has 1 aliphatic rings. The van der Waals surface area contributed by atoms with Crippen LogP contribution in [0.1, 0.15) is 55.1 Å². The van der Waals surface area contributed by atoms with E-state index in [2.05, 4.69) is 16.0 Å². The van der Waals surface area contributed by atoms with Gasteiger partial charge in [0.15, 0.2) is 0 Å². The molecule has 0 bridgehead atoms. The maximum absolute atomic E-state index is 13.0. The number of amides is 2. The molecule has 4 rings (SSSR count). The Kier molecular flexibility index (Phi) is 7.61. The molecule has 1 fully saturated rings. The van der Waals surface area contributed by atoms with Gasteiger partial charge in [-0.2, -0.15) is 5.26 Å². The van der Waals surface area contributed by atoms with Crippen LogP contribution in [0.25, 0.3) is 22.2 Å². The number of benzene rings is 2. The monoisotopic (exact) mass is 488 g/mol. The number of anilines is 1. The van der Waals surface area contributed by atoms with E-state index < -0.39 is 6.09 Å². The van der Waals surface area contributed by atoms with Crippen molar-refractivity contribution in [1.82, 2.24) is 9.47 Å². The molecule has 1 heterocycles.